The van der Waals surface area contributed by atoms with Crippen molar-refractivity contribution in [2.45, 2.75) is 12.5 Å². The SMILES string of the molecule is [2H]C([2H])([2H])n1c(=O)c2ccccc2c2cnn([C@H]3CCOC3)c21. The van der Waals surface area contributed by atoms with Crippen LogP contribution in [-0.4, -0.2) is 27.6 Å². The second-order valence-corrected chi connectivity index (χ2v) is 5.03. The summed E-state index contributed by atoms with van der Waals surface area (Å²) in [6, 6.07) is 6.97. The first-order valence-corrected chi connectivity index (χ1v) is 6.57. The summed E-state index contributed by atoms with van der Waals surface area (Å²) in [5.41, 5.74) is -0.182. The van der Waals surface area contributed by atoms with Crippen molar-refractivity contribution in [3.63, 3.8) is 0 Å². The lowest BCUT2D eigenvalue weighted by Crippen LogP contribution is -2.21. The highest BCUT2D eigenvalue weighted by Gasteiger charge is 2.22. The minimum absolute atomic E-state index is 0.0540. The van der Waals surface area contributed by atoms with Gasteiger partial charge in [-0.05, 0) is 17.9 Å². The van der Waals surface area contributed by atoms with Crippen LogP contribution in [0.5, 0.6) is 0 Å². The summed E-state index contributed by atoms with van der Waals surface area (Å²) in [5, 5.41) is 6.15. The summed E-state index contributed by atoms with van der Waals surface area (Å²) >= 11 is 0. The Morgan fingerprint density at radius 1 is 1.35 bits per heavy atom. The summed E-state index contributed by atoms with van der Waals surface area (Å²) in [4.78, 5) is 12.8. The molecule has 0 saturated carbocycles. The van der Waals surface area contributed by atoms with E-state index in [-0.39, 0.29) is 6.04 Å². The third kappa shape index (κ3) is 1.47. The van der Waals surface area contributed by atoms with E-state index in [1.54, 1.807) is 23.0 Å². The van der Waals surface area contributed by atoms with Gasteiger partial charge in [-0.1, -0.05) is 18.2 Å². The Hall–Kier alpha value is -2.14. The number of fused-ring (bicyclic) bond motifs is 3. The number of benzene rings is 1. The van der Waals surface area contributed by atoms with Crippen molar-refractivity contribution in [2.24, 2.45) is 6.98 Å². The number of ether oxygens (including phenoxy) is 1. The van der Waals surface area contributed by atoms with Crippen LogP contribution in [0, 0.1) is 0 Å². The van der Waals surface area contributed by atoms with E-state index in [0.717, 1.165) is 16.4 Å². The van der Waals surface area contributed by atoms with E-state index in [1.165, 1.54) is 0 Å². The highest BCUT2D eigenvalue weighted by atomic mass is 16.5. The molecule has 5 nitrogen and oxygen atoms in total. The molecule has 0 N–H and O–H groups in total. The quantitative estimate of drug-likeness (QED) is 0.679. The molecule has 0 spiro atoms. The van der Waals surface area contributed by atoms with Crippen LogP contribution in [0.15, 0.2) is 35.3 Å². The number of aromatic nitrogens is 3. The van der Waals surface area contributed by atoms with E-state index >= 15 is 0 Å². The van der Waals surface area contributed by atoms with E-state index in [2.05, 4.69) is 5.10 Å². The molecule has 1 aromatic carbocycles. The molecule has 1 aliphatic heterocycles. The lowest BCUT2D eigenvalue weighted by atomic mass is 10.1. The summed E-state index contributed by atoms with van der Waals surface area (Å²) < 4.78 is 31.3. The van der Waals surface area contributed by atoms with Gasteiger partial charge in [0.15, 0.2) is 0 Å². The highest BCUT2D eigenvalue weighted by molar-refractivity contribution is 6.04. The van der Waals surface area contributed by atoms with E-state index in [4.69, 9.17) is 8.85 Å². The zero-order valence-electron chi connectivity index (χ0n) is 13.7. The van der Waals surface area contributed by atoms with Gasteiger partial charge in [-0.25, -0.2) is 4.68 Å². The van der Waals surface area contributed by atoms with Crippen molar-refractivity contribution in [2.75, 3.05) is 13.2 Å². The first-order valence-electron chi connectivity index (χ1n) is 8.07. The molecule has 20 heavy (non-hydrogen) atoms. The van der Waals surface area contributed by atoms with Gasteiger partial charge < -0.3 is 4.74 Å². The van der Waals surface area contributed by atoms with Crippen molar-refractivity contribution in [3.8, 4) is 0 Å². The van der Waals surface area contributed by atoms with Crippen molar-refractivity contribution in [3.05, 3.63) is 40.8 Å². The van der Waals surface area contributed by atoms with Gasteiger partial charge in [-0.2, -0.15) is 5.10 Å². The molecule has 5 heteroatoms. The van der Waals surface area contributed by atoms with Crippen LogP contribution in [-0.2, 0) is 11.7 Å². The summed E-state index contributed by atoms with van der Waals surface area (Å²) in [5.74, 6) is 0. The molecule has 1 fully saturated rings. The van der Waals surface area contributed by atoms with Gasteiger partial charge in [0.25, 0.3) is 5.56 Å². The van der Waals surface area contributed by atoms with Gasteiger partial charge in [0.05, 0.1) is 18.8 Å². The minimum Gasteiger partial charge on any atom is -0.379 e. The molecule has 3 heterocycles. The van der Waals surface area contributed by atoms with Crippen molar-refractivity contribution in [1.82, 2.24) is 14.3 Å². The van der Waals surface area contributed by atoms with Gasteiger partial charge in [0.2, 0.25) is 0 Å². The van der Waals surface area contributed by atoms with E-state index in [1.807, 2.05) is 12.1 Å². The Balaban J connectivity index is 2.18. The predicted octanol–water partition coefficient (Wildman–Crippen LogP) is 1.85. The van der Waals surface area contributed by atoms with Crippen molar-refractivity contribution in [1.29, 1.82) is 0 Å². The first-order chi connectivity index (χ1) is 11.0. The number of nitrogens with zero attached hydrogens (tertiary/aromatic N) is 3. The molecule has 1 saturated heterocycles. The third-order valence-corrected chi connectivity index (χ3v) is 3.88. The van der Waals surface area contributed by atoms with Gasteiger partial charge >= 0.3 is 0 Å². The molecule has 1 atom stereocenters. The standard InChI is InChI=1S/C15H15N3O2/c1-17-14-13(8-16-18(14)10-6-7-20-9-10)11-4-2-3-5-12(11)15(17)19/h2-5,8,10H,6-7,9H2,1H3/t10-/m0/s1/i1D3. The maximum Gasteiger partial charge on any atom is 0.259 e. The van der Waals surface area contributed by atoms with Gasteiger partial charge in [0, 0.05) is 28.5 Å². The average molecular weight is 272 g/mol. The van der Waals surface area contributed by atoms with Crippen LogP contribution in [0.1, 0.15) is 16.6 Å². The molecular formula is C15H15N3O2. The molecule has 102 valence electrons. The van der Waals surface area contributed by atoms with Gasteiger partial charge in [-0.3, -0.25) is 9.36 Å². The summed E-state index contributed by atoms with van der Waals surface area (Å²) in [7, 11) is 0. The number of rotatable bonds is 1. The number of hydrogen-bond acceptors (Lipinski definition) is 3. The van der Waals surface area contributed by atoms with Crippen LogP contribution in [0.25, 0.3) is 21.8 Å². The first kappa shape index (κ1) is 8.92. The van der Waals surface area contributed by atoms with Crippen LogP contribution in [0.3, 0.4) is 0 Å². The van der Waals surface area contributed by atoms with Gasteiger partial charge in [0.1, 0.15) is 5.65 Å². The molecular weight excluding hydrogens is 254 g/mol. The number of pyridine rings is 1. The normalized spacial score (nSPS) is 22.0. The summed E-state index contributed by atoms with van der Waals surface area (Å²) in [6.07, 6.45) is 2.39. The predicted molar refractivity (Wildman–Crippen MR) is 77.0 cm³/mol. The Morgan fingerprint density at radius 2 is 2.20 bits per heavy atom. The maximum atomic E-state index is 12.8. The van der Waals surface area contributed by atoms with E-state index in [0.29, 0.717) is 29.6 Å². The molecule has 0 unspecified atom stereocenters. The lowest BCUT2D eigenvalue weighted by Gasteiger charge is -2.13. The highest BCUT2D eigenvalue weighted by Crippen LogP contribution is 2.27. The van der Waals surface area contributed by atoms with Crippen LogP contribution >= 0.6 is 0 Å². The lowest BCUT2D eigenvalue weighted by molar-refractivity contribution is 0.185. The fourth-order valence-electron chi connectivity index (χ4n) is 2.87. The molecule has 0 amide bonds. The monoisotopic (exact) mass is 272 g/mol. The van der Waals surface area contributed by atoms with Crippen molar-refractivity contribution < 1.29 is 8.85 Å². The zero-order valence-corrected chi connectivity index (χ0v) is 10.7. The Morgan fingerprint density at radius 3 is 2.95 bits per heavy atom. The molecule has 3 aromatic rings. The fourth-order valence-corrected chi connectivity index (χ4v) is 2.87. The van der Waals surface area contributed by atoms with Crippen LogP contribution < -0.4 is 5.56 Å². The topological polar surface area (TPSA) is 49.0 Å². The van der Waals surface area contributed by atoms with E-state index < -0.39 is 12.5 Å². The van der Waals surface area contributed by atoms with E-state index in [9.17, 15) is 4.79 Å². The Bertz CT molecular complexity index is 952. The van der Waals surface area contributed by atoms with Crippen LogP contribution in [0.4, 0.5) is 0 Å². The zero-order chi connectivity index (χ0) is 16.2. The van der Waals surface area contributed by atoms with Crippen molar-refractivity contribution >= 4 is 21.8 Å². The second-order valence-electron chi connectivity index (χ2n) is 5.03. The number of hydrogen-bond donors (Lipinski definition) is 0. The molecule has 0 bridgehead atoms. The fraction of sp³-hybridized carbons (Fsp3) is 0.333. The average Bonchev–Trinajstić information content (AvgIpc) is 3.14. The third-order valence-electron chi connectivity index (χ3n) is 3.88. The second kappa shape index (κ2) is 4.18. The Labute approximate surface area is 119 Å². The van der Waals surface area contributed by atoms with Gasteiger partial charge in [-0.15, -0.1) is 0 Å². The molecule has 2 aromatic heterocycles. The molecule has 4 rings (SSSR count). The van der Waals surface area contributed by atoms with Crippen LogP contribution in [0.2, 0.25) is 0 Å². The minimum atomic E-state index is -2.57. The largest absolute Gasteiger partial charge is 0.379 e. The molecule has 1 aliphatic rings. The smallest absolute Gasteiger partial charge is 0.259 e. The maximum absolute atomic E-state index is 12.8. The number of aryl methyl sites for hydroxylation is 1. The molecule has 0 aliphatic carbocycles. The summed E-state index contributed by atoms with van der Waals surface area (Å²) in [6.45, 7) is -1.49. The Kier molecular flexibility index (Phi) is 1.86. The molecule has 0 radical (unpaired) electrons.